The molecule has 13 heavy (non-hydrogen) atoms. The Morgan fingerprint density at radius 3 is 2.69 bits per heavy atom. The summed E-state index contributed by atoms with van der Waals surface area (Å²) in [6, 6.07) is 1.30. The lowest BCUT2D eigenvalue weighted by Crippen LogP contribution is -2.21. The molecule has 0 unspecified atom stereocenters. The van der Waals surface area contributed by atoms with Gasteiger partial charge in [-0.3, -0.25) is 0 Å². The van der Waals surface area contributed by atoms with Crippen molar-refractivity contribution in [2.75, 3.05) is 11.9 Å². The second kappa shape index (κ2) is 3.78. The molecule has 0 fully saturated rings. The predicted molar refractivity (Wildman–Crippen MR) is 41.6 cm³/mol. The van der Waals surface area contributed by atoms with Crippen LogP contribution in [0, 0.1) is 0 Å². The quantitative estimate of drug-likeness (QED) is 0.762. The highest BCUT2D eigenvalue weighted by Gasteiger charge is 2.26. The normalized spacial score (nSPS) is 11.4. The average Bonchev–Trinajstić information content (AvgIpc) is 2.00. The topological polar surface area (TPSA) is 37.8 Å². The maximum Gasteiger partial charge on any atom is 0.405 e. The molecule has 1 aromatic heterocycles. The van der Waals surface area contributed by atoms with Gasteiger partial charge in [-0.25, -0.2) is 9.97 Å². The molecule has 3 nitrogen and oxygen atoms in total. The Kier molecular flexibility index (Phi) is 2.92. The van der Waals surface area contributed by atoms with Crippen LogP contribution in [0.2, 0.25) is 5.28 Å². The fourth-order valence-corrected chi connectivity index (χ4v) is 0.772. The minimum Gasteiger partial charge on any atom is -0.361 e. The minimum absolute atomic E-state index is 0.0531. The number of halogens is 4. The average molecular weight is 212 g/mol. The molecule has 7 heteroatoms. The van der Waals surface area contributed by atoms with E-state index in [2.05, 4.69) is 15.3 Å². The molecular formula is C6H5ClF3N3. The molecule has 72 valence electrons. The van der Waals surface area contributed by atoms with E-state index >= 15 is 0 Å². The van der Waals surface area contributed by atoms with Crippen LogP contribution in [0.4, 0.5) is 19.0 Å². The van der Waals surface area contributed by atoms with Gasteiger partial charge in [0, 0.05) is 6.20 Å². The monoisotopic (exact) mass is 211 g/mol. The Bertz CT molecular complexity index is 289. The van der Waals surface area contributed by atoms with Crippen molar-refractivity contribution in [3.8, 4) is 0 Å². The number of hydrogen-bond acceptors (Lipinski definition) is 3. The van der Waals surface area contributed by atoms with Crippen LogP contribution in [0.5, 0.6) is 0 Å². The molecule has 0 aromatic carbocycles. The number of nitrogens with one attached hydrogen (secondary N) is 1. The van der Waals surface area contributed by atoms with Gasteiger partial charge in [-0.1, -0.05) is 0 Å². The standard InChI is InChI=1S/C6H5ClF3N3/c7-5-11-2-1-4(13-5)12-3-6(8,9)10/h1-2H,3H2,(H,11,12,13). The van der Waals surface area contributed by atoms with E-state index in [1.54, 1.807) is 0 Å². The smallest absolute Gasteiger partial charge is 0.361 e. The Morgan fingerprint density at radius 1 is 1.46 bits per heavy atom. The molecule has 0 aliphatic rings. The molecule has 0 spiro atoms. The lowest BCUT2D eigenvalue weighted by Gasteiger charge is -2.07. The molecule has 0 radical (unpaired) electrons. The van der Waals surface area contributed by atoms with Gasteiger partial charge in [-0.15, -0.1) is 0 Å². The van der Waals surface area contributed by atoms with Crippen molar-refractivity contribution in [2.24, 2.45) is 0 Å². The van der Waals surface area contributed by atoms with Crippen molar-refractivity contribution < 1.29 is 13.2 Å². The minimum atomic E-state index is -4.27. The molecule has 1 heterocycles. The molecule has 0 bridgehead atoms. The van der Waals surface area contributed by atoms with Crippen LogP contribution in [0.3, 0.4) is 0 Å². The van der Waals surface area contributed by atoms with Gasteiger partial charge in [0.2, 0.25) is 5.28 Å². The highest BCUT2D eigenvalue weighted by Crippen LogP contribution is 2.15. The number of nitrogens with zero attached hydrogens (tertiary/aromatic N) is 2. The number of anilines is 1. The molecule has 0 aliphatic carbocycles. The molecule has 1 N–H and O–H groups in total. The van der Waals surface area contributed by atoms with E-state index < -0.39 is 12.7 Å². The largest absolute Gasteiger partial charge is 0.405 e. The molecule has 0 atom stereocenters. The van der Waals surface area contributed by atoms with Crippen LogP contribution in [0.25, 0.3) is 0 Å². The van der Waals surface area contributed by atoms with Crippen molar-refractivity contribution in [1.29, 1.82) is 0 Å². The van der Waals surface area contributed by atoms with Gasteiger partial charge in [-0.2, -0.15) is 13.2 Å². The third kappa shape index (κ3) is 3.93. The first-order valence-corrected chi connectivity index (χ1v) is 3.64. The Labute approximate surface area is 77.0 Å². The lowest BCUT2D eigenvalue weighted by atomic mass is 10.5. The van der Waals surface area contributed by atoms with E-state index in [0.29, 0.717) is 0 Å². The van der Waals surface area contributed by atoms with Crippen molar-refractivity contribution in [2.45, 2.75) is 6.18 Å². The number of hydrogen-bond donors (Lipinski definition) is 1. The van der Waals surface area contributed by atoms with Crippen LogP contribution in [0.15, 0.2) is 12.3 Å². The lowest BCUT2D eigenvalue weighted by molar-refractivity contribution is -0.115. The predicted octanol–water partition coefficient (Wildman–Crippen LogP) is 2.10. The molecule has 1 rings (SSSR count). The first-order chi connectivity index (χ1) is 5.97. The van der Waals surface area contributed by atoms with Crippen LogP contribution in [-0.4, -0.2) is 22.7 Å². The summed E-state index contributed by atoms with van der Waals surface area (Å²) in [6.45, 7) is -1.14. The van der Waals surface area contributed by atoms with Gasteiger partial charge in [0.1, 0.15) is 12.4 Å². The first kappa shape index (κ1) is 10.0. The van der Waals surface area contributed by atoms with Gasteiger partial charge < -0.3 is 5.32 Å². The Morgan fingerprint density at radius 2 is 2.15 bits per heavy atom. The highest BCUT2D eigenvalue weighted by atomic mass is 35.5. The highest BCUT2D eigenvalue weighted by molar-refractivity contribution is 6.28. The van der Waals surface area contributed by atoms with Crippen LogP contribution in [0.1, 0.15) is 0 Å². The molecular weight excluding hydrogens is 207 g/mol. The second-order valence-electron chi connectivity index (χ2n) is 2.18. The number of rotatable bonds is 2. The summed E-state index contributed by atoms with van der Waals surface area (Å²) < 4.78 is 35.1. The summed E-state index contributed by atoms with van der Waals surface area (Å²) >= 11 is 5.35. The van der Waals surface area contributed by atoms with E-state index in [-0.39, 0.29) is 11.1 Å². The number of aromatic nitrogens is 2. The summed E-state index contributed by atoms with van der Waals surface area (Å²) in [4.78, 5) is 7.04. The summed E-state index contributed by atoms with van der Waals surface area (Å²) in [5, 5.41) is 1.97. The fraction of sp³-hybridized carbons (Fsp3) is 0.333. The SMILES string of the molecule is FC(F)(F)CNc1ccnc(Cl)n1. The molecule has 0 saturated heterocycles. The van der Waals surface area contributed by atoms with Crippen LogP contribution >= 0.6 is 11.6 Å². The molecule has 1 aromatic rings. The maximum absolute atomic E-state index is 11.7. The van der Waals surface area contributed by atoms with E-state index in [1.807, 2.05) is 0 Å². The van der Waals surface area contributed by atoms with Gasteiger partial charge in [-0.05, 0) is 17.7 Å². The fourth-order valence-electron chi connectivity index (χ4n) is 0.624. The van der Waals surface area contributed by atoms with Crippen LogP contribution in [-0.2, 0) is 0 Å². The Balaban J connectivity index is 2.55. The van der Waals surface area contributed by atoms with Gasteiger partial charge >= 0.3 is 6.18 Å². The van der Waals surface area contributed by atoms with Gasteiger partial charge in [0.05, 0.1) is 0 Å². The first-order valence-electron chi connectivity index (χ1n) is 3.26. The van der Waals surface area contributed by atoms with Gasteiger partial charge in [0.15, 0.2) is 0 Å². The van der Waals surface area contributed by atoms with Crippen molar-refractivity contribution in [3.63, 3.8) is 0 Å². The summed E-state index contributed by atoms with van der Waals surface area (Å²) in [7, 11) is 0. The van der Waals surface area contributed by atoms with Gasteiger partial charge in [0.25, 0.3) is 0 Å². The van der Waals surface area contributed by atoms with E-state index in [0.717, 1.165) is 0 Å². The van der Waals surface area contributed by atoms with Crippen LogP contribution < -0.4 is 5.32 Å². The zero-order chi connectivity index (χ0) is 9.90. The zero-order valence-corrected chi connectivity index (χ0v) is 7.02. The maximum atomic E-state index is 11.7. The van der Waals surface area contributed by atoms with E-state index in [1.165, 1.54) is 12.3 Å². The van der Waals surface area contributed by atoms with Crippen molar-refractivity contribution in [1.82, 2.24) is 9.97 Å². The van der Waals surface area contributed by atoms with E-state index in [9.17, 15) is 13.2 Å². The number of alkyl halides is 3. The Hall–Kier alpha value is -1.04. The molecule has 0 saturated carbocycles. The third-order valence-electron chi connectivity index (χ3n) is 1.10. The van der Waals surface area contributed by atoms with Crippen molar-refractivity contribution >= 4 is 17.4 Å². The third-order valence-corrected chi connectivity index (χ3v) is 1.28. The summed E-state index contributed by atoms with van der Waals surface area (Å²) in [6.07, 6.45) is -2.99. The second-order valence-corrected chi connectivity index (χ2v) is 2.52. The van der Waals surface area contributed by atoms with E-state index in [4.69, 9.17) is 11.6 Å². The van der Waals surface area contributed by atoms with Crippen molar-refractivity contribution in [3.05, 3.63) is 17.5 Å². The molecule has 0 aliphatic heterocycles. The summed E-state index contributed by atoms with van der Waals surface area (Å²) in [5.74, 6) is 0.0531. The molecule has 0 amide bonds. The zero-order valence-electron chi connectivity index (χ0n) is 6.27. The summed E-state index contributed by atoms with van der Waals surface area (Å²) in [5.41, 5.74) is 0.